The van der Waals surface area contributed by atoms with Gasteiger partial charge in [-0.15, -0.1) is 11.8 Å². The molecule has 4 N–H and O–H groups in total. The molecule has 0 radical (unpaired) electrons. The van der Waals surface area contributed by atoms with Crippen LogP contribution in [0.4, 0.5) is 5.69 Å². The summed E-state index contributed by atoms with van der Waals surface area (Å²) in [5.74, 6) is 0.922. The number of thioether (sulfide) groups is 1. The zero-order chi connectivity index (χ0) is 13.5. The topological polar surface area (TPSA) is 82.1 Å². The molecule has 0 saturated heterocycles. The molecule has 0 amide bonds. The van der Waals surface area contributed by atoms with Crippen molar-refractivity contribution in [3.8, 4) is 6.07 Å². The third-order valence-corrected chi connectivity index (χ3v) is 3.53. The van der Waals surface area contributed by atoms with E-state index in [1.54, 1.807) is 18.7 Å². The van der Waals surface area contributed by atoms with Crippen LogP contribution < -0.4 is 11.1 Å². The zero-order valence-corrected chi connectivity index (χ0v) is 11.5. The van der Waals surface area contributed by atoms with Crippen molar-refractivity contribution in [2.75, 3.05) is 17.6 Å². The van der Waals surface area contributed by atoms with Gasteiger partial charge in [-0.25, -0.2) is 0 Å². The van der Waals surface area contributed by atoms with E-state index >= 15 is 0 Å². The Hall–Kier alpha value is -1.22. The third-order valence-electron chi connectivity index (χ3n) is 2.59. The van der Waals surface area contributed by atoms with Gasteiger partial charge < -0.3 is 16.2 Å². The highest BCUT2D eigenvalue weighted by Gasteiger charge is 2.11. The maximum absolute atomic E-state index is 9.33. The molecule has 2 atom stereocenters. The number of hydrogen-bond acceptors (Lipinski definition) is 5. The molecule has 0 aliphatic carbocycles. The molecule has 2 unspecified atom stereocenters. The van der Waals surface area contributed by atoms with Crippen LogP contribution in [0.5, 0.6) is 0 Å². The molecule has 0 heterocycles. The second-order valence-corrected chi connectivity index (χ2v) is 5.31. The van der Waals surface area contributed by atoms with Gasteiger partial charge in [0.05, 0.1) is 17.4 Å². The molecule has 0 spiro atoms. The van der Waals surface area contributed by atoms with Crippen LogP contribution >= 0.6 is 11.8 Å². The van der Waals surface area contributed by atoms with Crippen molar-refractivity contribution in [2.24, 2.45) is 5.73 Å². The number of nitrogens with two attached hydrogens (primary N) is 1. The quantitative estimate of drug-likeness (QED) is 0.683. The van der Waals surface area contributed by atoms with E-state index in [9.17, 15) is 10.4 Å². The van der Waals surface area contributed by atoms with Crippen molar-refractivity contribution < 1.29 is 5.11 Å². The molecule has 0 fully saturated rings. The standard InChI is InChI=1S/C13H19N3OS/c1-3-18-13-6-4-5-12(10(13)7-14)16-8-11(15)9(2)17/h4-6,9,11,16-17H,3,8,15H2,1-2H3. The number of rotatable bonds is 6. The molecule has 1 rings (SSSR count). The monoisotopic (exact) mass is 265 g/mol. The normalized spacial score (nSPS) is 13.7. The Labute approximate surface area is 112 Å². The van der Waals surface area contributed by atoms with Crippen molar-refractivity contribution in [1.82, 2.24) is 0 Å². The molecule has 0 saturated carbocycles. The molecule has 0 bridgehead atoms. The second-order valence-electron chi connectivity index (χ2n) is 4.01. The van der Waals surface area contributed by atoms with E-state index < -0.39 is 6.10 Å². The van der Waals surface area contributed by atoms with Crippen molar-refractivity contribution >= 4 is 17.4 Å². The lowest BCUT2D eigenvalue weighted by Gasteiger charge is -2.17. The van der Waals surface area contributed by atoms with Crippen molar-refractivity contribution in [1.29, 1.82) is 5.26 Å². The summed E-state index contributed by atoms with van der Waals surface area (Å²) in [4.78, 5) is 0.968. The molecule has 4 nitrogen and oxygen atoms in total. The summed E-state index contributed by atoms with van der Waals surface area (Å²) in [6, 6.07) is 7.57. The summed E-state index contributed by atoms with van der Waals surface area (Å²) in [7, 11) is 0. The van der Waals surface area contributed by atoms with E-state index in [4.69, 9.17) is 5.73 Å². The molecule has 18 heavy (non-hydrogen) atoms. The first-order valence-corrected chi connectivity index (χ1v) is 6.92. The number of aliphatic hydroxyl groups is 1. The number of anilines is 1. The fourth-order valence-electron chi connectivity index (χ4n) is 1.47. The number of nitriles is 1. The van der Waals surface area contributed by atoms with Crippen LogP contribution in [-0.4, -0.2) is 29.5 Å². The summed E-state index contributed by atoms with van der Waals surface area (Å²) in [6.45, 7) is 4.14. The van der Waals surface area contributed by atoms with Gasteiger partial charge in [-0.05, 0) is 24.8 Å². The Kier molecular flexibility index (Phi) is 5.99. The Morgan fingerprint density at radius 3 is 2.83 bits per heavy atom. The molecule has 1 aromatic carbocycles. The maximum Gasteiger partial charge on any atom is 0.102 e. The van der Waals surface area contributed by atoms with E-state index in [1.165, 1.54) is 0 Å². The van der Waals surface area contributed by atoms with Gasteiger partial charge in [-0.1, -0.05) is 13.0 Å². The smallest absolute Gasteiger partial charge is 0.102 e. The molecular formula is C13H19N3OS. The lowest BCUT2D eigenvalue weighted by molar-refractivity contribution is 0.168. The second kappa shape index (κ2) is 7.27. The number of benzene rings is 1. The minimum atomic E-state index is -0.573. The number of nitrogens with zero attached hydrogens (tertiary/aromatic N) is 1. The number of aliphatic hydroxyl groups excluding tert-OH is 1. The summed E-state index contributed by atoms with van der Waals surface area (Å²) in [5, 5.41) is 21.7. The van der Waals surface area contributed by atoms with Gasteiger partial charge in [0.2, 0.25) is 0 Å². The summed E-state index contributed by atoms with van der Waals surface area (Å²) in [5.41, 5.74) is 7.16. The van der Waals surface area contributed by atoms with Crippen molar-refractivity contribution in [3.63, 3.8) is 0 Å². The Morgan fingerprint density at radius 1 is 1.56 bits per heavy atom. The van der Waals surface area contributed by atoms with Gasteiger partial charge >= 0.3 is 0 Å². The first-order chi connectivity index (χ1) is 8.60. The van der Waals surface area contributed by atoms with Crippen LogP contribution in [0.25, 0.3) is 0 Å². The fraction of sp³-hybridized carbons (Fsp3) is 0.462. The average Bonchev–Trinajstić information content (AvgIpc) is 2.36. The van der Waals surface area contributed by atoms with Crippen molar-refractivity contribution in [3.05, 3.63) is 23.8 Å². The van der Waals surface area contributed by atoms with E-state index in [-0.39, 0.29) is 6.04 Å². The lowest BCUT2D eigenvalue weighted by atomic mass is 10.1. The minimum absolute atomic E-state index is 0.348. The van der Waals surface area contributed by atoms with Crippen LogP contribution in [0.15, 0.2) is 23.1 Å². The average molecular weight is 265 g/mol. The van der Waals surface area contributed by atoms with Crippen LogP contribution in [0, 0.1) is 11.3 Å². The summed E-state index contributed by atoms with van der Waals surface area (Å²) < 4.78 is 0. The van der Waals surface area contributed by atoms with Crippen LogP contribution in [0.2, 0.25) is 0 Å². The molecule has 0 aliphatic heterocycles. The Morgan fingerprint density at radius 2 is 2.28 bits per heavy atom. The Balaban J connectivity index is 2.83. The van der Waals surface area contributed by atoms with Crippen LogP contribution in [0.3, 0.4) is 0 Å². The Bertz CT molecular complexity index is 429. The molecular weight excluding hydrogens is 246 g/mol. The largest absolute Gasteiger partial charge is 0.392 e. The summed E-state index contributed by atoms with van der Waals surface area (Å²) in [6.07, 6.45) is -0.573. The maximum atomic E-state index is 9.33. The highest BCUT2D eigenvalue weighted by Crippen LogP contribution is 2.27. The minimum Gasteiger partial charge on any atom is -0.392 e. The highest BCUT2D eigenvalue weighted by atomic mass is 32.2. The van der Waals surface area contributed by atoms with E-state index in [0.29, 0.717) is 12.1 Å². The number of nitrogens with one attached hydrogen (secondary N) is 1. The van der Waals surface area contributed by atoms with E-state index in [2.05, 4.69) is 18.3 Å². The van der Waals surface area contributed by atoms with Crippen LogP contribution in [-0.2, 0) is 0 Å². The first kappa shape index (κ1) is 14.8. The molecule has 98 valence electrons. The van der Waals surface area contributed by atoms with Gasteiger partial charge in [0, 0.05) is 17.5 Å². The van der Waals surface area contributed by atoms with Gasteiger partial charge in [-0.2, -0.15) is 5.26 Å². The zero-order valence-electron chi connectivity index (χ0n) is 10.7. The van der Waals surface area contributed by atoms with Gasteiger partial charge in [0.1, 0.15) is 6.07 Å². The van der Waals surface area contributed by atoms with Crippen LogP contribution in [0.1, 0.15) is 19.4 Å². The highest BCUT2D eigenvalue weighted by molar-refractivity contribution is 7.99. The van der Waals surface area contributed by atoms with Crippen molar-refractivity contribution in [2.45, 2.75) is 30.9 Å². The molecule has 0 aromatic heterocycles. The predicted molar refractivity (Wildman–Crippen MR) is 75.7 cm³/mol. The summed E-state index contributed by atoms with van der Waals surface area (Å²) >= 11 is 1.64. The van der Waals surface area contributed by atoms with Gasteiger partial charge in [-0.3, -0.25) is 0 Å². The molecule has 5 heteroatoms. The SMILES string of the molecule is CCSc1cccc(NCC(N)C(C)O)c1C#N. The molecule has 0 aliphatic rings. The van der Waals surface area contributed by atoms with Gasteiger partial charge in [0.25, 0.3) is 0 Å². The van der Waals surface area contributed by atoms with E-state index in [0.717, 1.165) is 16.3 Å². The lowest BCUT2D eigenvalue weighted by Crippen LogP contribution is -2.38. The molecule has 1 aromatic rings. The predicted octanol–water partition coefficient (Wildman–Crippen LogP) is 1.79. The number of hydrogen-bond donors (Lipinski definition) is 3. The third kappa shape index (κ3) is 3.91. The fourth-order valence-corrected chi connectivity index (χ4v) is 2.25. The first-order valence-electron chi connectivity index (χ1n) is 5.93. The van der Waals surface area contributed by atoms with Gasteiger partial charge in [0.15, 0.2) is 0 Å². The van der Waals surface area contributed by atoms with E-state index in [1.807, 2.05) is 18.2 Å².